The van der Waals surface area contributed by atoms with Gasteiger partial charge in [0.2, 0.25) is 0 Å². The second kappa shape index (κ2) is 3.42. The van der Waals surface area contributed by atoms with E-state index in [1.807, 2.05) is 0 Å². The van der Waals surface area contributed by atoms with E-state index in [2.05, 4.69) is 62.6 Å². The van der Waals surface area contributed by atoms with Gasteiger partial charge in [-0.15, -0.1) is 0 Å². The Morgan fingerprint density at radius 2 is 1.75 bits per heavy atom. The average Bonchev–Trinajstić information content (AvgIpc) is 1.92. The molecule has 0 aliphatic rings. The molecule has 0 bridgehead atoms. The van der Waals surface area contributed by atoms with E-state index in [0.29, 0.717) is 0 Å². The van der Waals surface area contributed by atoms with E-state index in [4.69, 9.17) is 0 Å². The van der Waals surface area contributed by atoms with Crippen LogP contribution in [-0.2, 0) is 5.41 Å². The van der Waals surface area contributed by atoms with Gasteiger partial charge in [-0.3, -0.25) is 0 Å². The molecular weight excluding hydrogens is 284 g/mol. The number of hydrogen-bond donors (Lipinski definition) is 0. The summed E-state index contributed by atoms with van der Waals surface area (Å²) in [6.07, 6.45) is 1.56. The van der Waals surface area contributed by atoms with E-state index in [-0.39, 0.29) is 5.41 Å². The van der Waals surface area contributed by atoms with E-state index in [0.717, 1.165) is 14.8 Å². The topological polar surface area (TPSA) is 25.8 Å². The van der Waals surface area contributed by atoms with Crippen LogP contribution in [0.3, 0.4) is 0 Å². The molecule has 66 valence electrons. The Morgan fingerprint density at radius 1 is 1.17 bits per heavy atom. The average molecular weight is 294 g/mol. The summed E-state index contributed by atoms with van der Waals surface area (Å²) in [6, 6.07) is 0. The van der Waals surface area contributed by atoms with Crippen LogP contribution in [0.2, 0.25) is 0 Å². The van der Waals surface area contributed by atoms with Gasteiger partial charge in [0.25, 0.3) is 0 Å². The van der Waals surface area contributed by atoms with Crippen LogP contribution in [0.15, 0.2) is 15.4 Å². The van der Waals surface area contributed by atoms with E-state index in [9.17, 15) is 0 Å². The summed E-state index contributed by atoms with van der Waals surface area (Å²) in [5.74, 6) is 0. The molecule has 0 radical (unpaired) electrons. The molecule has 0 saturated carbocycles. The summed E-state index contributed by atoms with van der Waals surface area (Å²) in [5.41, 5.74) is 1.06. The molecule has 0 N–H and O–H groups in total. The lowest BCUT2D eigenvalue weighted by Gasteiger charge is -2.18. The fourth-order valence-corrected chi connectivity index (χ4v) is 1.95. The molecule has 1 aromatic rings. The van der Waals surface area contributed by atoms with Crippen LogP contribution in [-0.4, -0.2) is 9.97 Å². The van der Waals surface area contributed by atoms with Crippen molar-refractivity contribution in [3.8, 4) is 0 Å². The highest BCUT2D eigenvalue weighted by molar-refractivity contribution is 9.13. The Hall–Kier alpha value is 0.0400. The summed E-state index contributed by atoms with van der Waals surface area (Å²) in [7, 11) is 0. The lowest BCUT2D eigenvalue weighted by molar-refractivity contribution is 0.562. The minimum absolute atomic E-state index is 0.0459. The summed E-state index contributed by atoms with van der Waals surface area (Å²) in [6.45, 7) is 6.35. The second-order valence-corrected chi connectivity index (χ2v) is 5.12. The van der Waals surface area contributed by atoms with E-state index < -0.39 is 0 Å². The van der Waals surface area contributed by atoms with Crippen LogP contribution in [0, 0.1) is 0 Å². The van der Waals surface area contributed by atoms with E-state index in [1.54, 1.807) is 6.33 Å². The molecule has 1 aromatic heterocycles. The van der Waals surface area contributed by atoms with Crippen LogP contribution in [0.1, 0.15) is 26.5 Å². The van der Waals surface area contributed by atoms with Gasteiger partial charge in [0.15, 0.2) is 0 Å². The molecule has 0 spiro atoms. The molecule has 0 unspecified atom stereocenters. The van der Waals surface area contributed by atoms with Gasteiger partial charge in [0.1, 0.15) is 10.9 Å². The number of nitrogens with zero attached hydrogens (tertiary/aromatic N) is 2. The van der Waals surface area contributed by atoms with Crippen molar-refractivity contribution in [3.05, 3.63) is 21.1 Å². The molecule has 0 aromatic carbocycles. The summed E-state index contributed by atoms with van der Waals surface area (Å²) in [4.78, 5) is 8.23. The normalized spacial score (nSPS) is 11.8. The van der Waals surface area contributed by atoms with E-state index in [1.165, 1.54) is 0 Å². The Kier molecular flexibility index (Phi) is 2.88. The smallest absolute Gasteiger partial charge is 0.123 e. The van der Waals surface area contributed by atoms with Gasteiger partial charge in [-0.05, 0) is 31.9 Å². The molecule has 0 saturated heterocycles. The summed E-state index contributed by atoms with van der Waals surface area (Å²) >= 11 is 6.78. The number of aromatic nitrogens is 2. The van der Waals surface area contributed by atoms with Crippen LogP contribution in [0.5, 0.6) is 0 Å². The Balaban J connectivity index is 3.26. The third-order valence-electron chi connectivity index (χ3n) is 1.46. The van der Waals surface area contributed by atoms with Gasteiger partial charge in [0, 0.05) is 5.41 Å². The molecule has 0 aliphatic carbocycles. The van der Waals surface area contributed by atoms with Crippen LogP contribution < -0.4 is 0 Å². The Bertz CT molecular complexity index is 292. The van der Waals surface area contributed by atoms with Crippen molar-refractivity contribution < 1.29 is 0 Å². The molecule has 0 fully saturated rings. The molecule has 0 amide bonds. The summed E-state index contributed by atoms with van der Waals surface area (Å²) < 4.78 is 1.75. The first-order valence-corrected chi connectivity index (χ1v) is 5.18. The Morgan fingerprint density at radius 3 is 2.17 bits per heavy atom. The first-order valence-electron chi connectivity index (χ1n) is 3.59. The van der Waals surface area contributed by atoms with Gasteiger partial charge in [-0.1, -0.05) is 20.8 Å². The van der Waals surface area contributed by atoms with Crippen LogP contribution in [0.25, 0.3) is 0 Å². The first-order chi connectivity index (χ1) is 5.43. The zero-order chi connectivity index (χ0) is 9.35. The molecule has 4 heteroatoms. The maximum absolute atomic E-state index is 4.22. The fraction of sp³-hybridized carbons (Fsp3) is 0.500. The fourth-order valence-electron chi connectivity index (χ4n) is 0.871. The third kappa shape index (κ3) is 2.04. The maximum Gasteiger partial charge on any atom is 0.123 e. The van der Waals surface area contributed by atoms with Crippen molar-refractivity contribution in [2.45, 2.75) is 26.2 Å². The quantitative estimate of drug-likeness (QED) is 0.686. The zero-order valence-electron chi connectivity index (χ0n) is 7.23. The van der Waals surface area contributed by atoms with Crippen molar-refractivity contribution >= 4 is 31.9 Å². The lowest BCUT2D eigenvalue weighted by atomic mass is 9.92. The SMILES string of the molecule is CC(C)(C)c1ncnc(Br)c1Br. The number of hydrogen-bond acceptors (Lipinski definition) is 2. The van der Waals surface area contributed by atoms with Crippen LogP contribution in [0.4, 0.5) is 0 Å². The third-order valence-corrected chi connectivity index (χ3v) is 3.34. The van der Waals surface area contributed by atoms with Gasteiger partial charge >= 0.3 is 0 Å². The molecule has 0 aliphatic heterocycles. The van der Waals surface area contributed by atoms with Crippen molar-refractivity contribution in [1.82, 2.24) is 9.97 Å². The van der Waals surface area contributed by atoms with Gasteiger partial charge in [0.05, 0.1) is 10.2 Å². The van der Waals surface area contributed by atoms with E-state index >= 15 is 0 Å². The minimum atomic E-state index is 0.0459. The summed E-state index contributed by atoms with van der Waals surface area (Å²) in [5, 5.41) is 0. The van der Waals surface area contributed by atoms with Crippen LogP contribution >= 0.6 is 31.9 Å². The predicted molar refractivity (Wildman–Crippen MR) is 56.1 cm³/mol. The highest BCUT2D eigenvalue weighted by Gasteiger charge is 2.20. The molecule has 12 heavy (non-hydrogen) atoms. The van der Waals surface area contributed by atoms with Gasteiger partial charge in [-0.25, -0.2) is 9.97 Å². The minimum Gasteiger partial charge on any atom is -0.240 e. The molecule has 1 rings (SSSR count). The van der Waals surface area contributed by atoms with Crippen molar-refractivity contribution in [1.29, 1.82) is 0 Å². The van der Waals surface area contributed by atoms with Crippen molar-refractivity contribution in [2.24, 2.45) is 0 Å². The van der Waals surface area contributed by atoms with Crippen molar-refractivity contribution in [2.75, 3.05) is 0 Å². The second-order valence-electron chi connectivity index (χ2n) is 3.58. The first kappa shape index (κ1) is 10.1. The van der Waals surface area contributed by atoms with Gasteiger partial charge < -0.3 is 0 Å². The maximum atomic E-state index is 4.22. The van der Waals surface area contributed by atoms with Crippen molar-refractivity contribution in [3.63, 3.8) is 0 Å². The molecule has 1 heterocycles. The number of rotatable bonds is 0. The number of halogens is 2. The molecule has 0 atom stereocenters. The standard InChI is InChI=1S/C8H10Br2N2/c1-8(2,3)6-5(9)7(10)12-4-11-6/h4H,1-3H3. The lowest BCUT2D eigenvalue weighted by Crippen LogP contribution is -2.14. The highest BCUT2D eigenvalue weighted by Crippen LogP contribution is 2.31. The molecular formula is C8H10Br2N2. The highest BCUT2D eigenvalue weighted by atomic mass is 79.9. The monoisotopic (exact) mass is 292 g/mol. The predicted octanol–water partition coefficient (Wildman–Crippen LogP) is 3.30. The zero-order valence-corrected chi connectivity index (χ0v) is 10.4. The Labute approximate surface area is 89.1 Å². The molecule has 2 nitrogen and oxygen atoms in total. The largest absolute Gasteiger partial charge is 0.240 e. The van der Waals surface area contributed by atoms with Gasteiger partial charge in [-0.2, -0.15) is 0 Å².